The largest absolute Gasteiger partial charge is 0.497 e. The molecule has 3 aromatic rings. The van der Waals surface area contributed by atoms with Gasteiger partial charge in [-0.05, 0) is 61.2 Å². The van der Waals surface area contributed by atoms with E-state index >= 15 is 0 Å². The van der Waals surface area contributed by atoms with Crippen LogP contribution >= 0.6 is 11.8 Å². The van der Waals surface area contributed by atoms with Gasteiger partial charge in [0.25, 0.3) is 5.91 Å². The Hall–Kier alpha value is -4.02. The van der Waals surface area contributed by atoms with Crippen molar-refractivity contribution in [2.75, 3.05) is 17.3 Å². The van der Waals surface area contributed by atoms with Gasteiger partial charge >= 0.3 is 0 Å². The van der Waals surface area contributed by atoms with E-state index in [4.69, 9.17) is 4.74 Å². The van der Waals surface area contributed by atoms with Gasteiger partial charge in [0.1, 0.15) is 22.4 Å². The number of amides is 2. The van der Waals surface area contributed by atoms with Crippen LogP contribution in [-0.2, 0) is 16.0 Å². The highest BCUT2D eigenvalue weighted by atomic mass is 32.2. The number of nitrogens with one attached hydrogen (secondary N) is 1. The van der Waals surface area contributed by atoms with Crippen LogP contribution in [0.3, 0.4) is 0 Å². The fraction of sp³-hybridized carbons (Fsp3) is 0.179. The number of nitriles is 1. The predicted molar refractivity (Wildman–Crippen MR) is 139 cm³/mol. The van der Waals surface area contributed by atoms with Gasteiger partial charge in [0, 0.05) is 11.4 Å². The first kappa shape index (κ1) is 24.1. The molecule has 35 heavy (non-hydrogen) atoms. The number of para-hydroxylation sites is 2. The number of benzene rings is 3. The highest BCUT2D eigenvalue weighted by molar-refractivity contribution is 8.05. The average molecular weight is 484 g/mol. The van der Waals surface area contributed by atoms with Crippen LogP contribution in [0.5, 0.6) is 5.75 Å². The Morgan fingerprint density at radius 1 is 1.03 bits per heavy atom. The molecule has 4 rings (SSSR count). The molecule has 6 nitrogen and oxygen atoms in total. The van der Waals surface area contributed by atoms with E-state index in [1.54, 1.807) is 19.2 Å². The van der Waals surface area contributed by atoms with Gasteiger partial charge in [-0.25, -0.2) is 0 Å². The summed E-state index contributed by atoms with van der Waals surface area (Å²) in [6.07, 6.45) is 0.456. The first-order valence-corrected chi connectivity index (χ1v) is 12.0. The summed E-state index contributed by atoms with van der Waals surface area (Å²) in [5, 5.41) is 12.8. The summed E-state index contributed by atoms with van der Waals surface area (Å²) in [5.41, 5.74) is 3.95. The van der Waals surface area contributed by atoms with Crippen molar-refractivity contribution in [2.45, 2.75) is 25.5 Å². The van der Waals surface area contributed by atoms with Gasteiger partial charge in [-0.1, -0.05) is 60.3 Å². The summed E-state index contributed by atoms with van der Waals surface area (Å²) < 4.78 is 5.22. The first-order chi connectivity index (χ1) is 16.9. The minimum atomic E-state index is -0.536. The van der Waals surface area contributed by atoms with E-state index in [-0.39, 0.29) is 11.5 Å². The van der Waals surface area contributed by atoms with Crippen LogP contribution in [0, 0.1) is 25.2 Å². The number of carbonyl (C=O) groups is 2. The Morgan fingerprint density at radius 3 is 2.29 bits per heavy atom. The van der Waals surface area contributed by atoms with Crippen molar-refractivity contribution in [3.63, 3.8) is 0 Å². The third kappa shape index (κ3) is 5.08. The molecule has 0 radical (unpaired) electrons. The molecule has 1 heterocycles. The molecule has 1 fully saturated rings. The molecule has 0 spiro atoms. The van der Waals surface area contributed by atoms with Gasteiger partial charge in [-0.3, -0.25) is 14.5 Å². The summed E-state index contributed by atoms with van der Waals surface area (Å²) in [6, 6.07) is 24.4. The van der Waals surface area contributed by atoms with Crippen molar-refractivity contribution in [3.05, 3.63) is 100 Å². The van der Waals surface area contributed by atoms with E-state index < -0.39 is 11.2 Å². The Morgan fingerprint density at radius 2 is 1.69 bits per heavy atom. The molecule has 1 aliphatic rings. The van der Waals surface area contributed by atoms with Gasteiger partial charge < -0.3 is 10.1 Å². The third-order valence-electron chi connectivity index (χ3n) is 5.82. The Bertz CT molecular complexity index is 1310. The zero-order chi connectivity index (χ0) is 24.9. The summed E-state index contributed by atoms with van der Waals surface area (Å²) >= 11 is 1.25. The first-order valence-electron chi connectivity index (χ1n) is 11.1. The maximum Gasteiger partial charge on any atom is 0.269 e. The van der Waals surface area contributed by atoms with E-state index in [9.17, 15) is 14.9 Å². The summed E-state index contributed by atoms with van der Waals surface area (Å²) in [5.74, 6) is 0.0338. The molecule has 3 aromatic carbocycles. The van der Waals surface area contributed by atoms with E-state index in [0.29, 0.717) is 22.8 Å². The maximum absolute atomic E-state index is 13.6. The number of anilines is 2. The van der Waals surface area contributed by atoms with Crippen molar-refractivity contribution in [1.82, 2.24) is 0 Å². The molecule has 1 saturated heterocycles. The Balaban J connectivity index is 1.71. The lowest BCUT2D eigenvalue weighted by atomic mass is 10.1. The van der Waals surface area contributed by atoms with E-state index in [1.807, 2.05) is 74.5 Å². The van der Waals surface area contributed by atoms with Gasteiger partial charge in [-0.15, -0.1) is 0 Å². The number of hydrogen-bond acceptors (Lipinski definition) is 5. The molecular formula is C28H25N3O3S. The van der Waals surface area contributed by atoms with Crippen LogP contribution in [0.15, 0.2) is 83.4 Å². The maximum atomic E-state index is 13.6. The summed E-state index contributed by atoms with van der Waals surface area (Å²) in [7, 11) is 1.60. The molecule has 0 saturated carbocycles. The monoisotopic (exact) mass is 483 g/mol. The van der Waals surface area contributed by atoms with Gasteiger partial charge in [0.2, 0.25) is 5.91 Å². The quantitative estimate of drug-likeness (QED) is 0.376. The number of nitrogens with zero attached hydrogens (tertiary/aromatic N) is 2. The molecule has 0 aromatic heterocycles. The van der Waals surface area contributed by atoms with Crippen molar-refractivity contribution in [3.8, 4) is 11.8 Å². The van der Waals surface area contributed by atoms with Gasteiger partial charge in [0.15, 0.2) is 0 Å². The van der Waals surface area contributed by atoms with Crippen molar-refractivity contribution < 1.29 is 14.3 Å². The Kier molecular flexibility index (Phi) is 7.23. The molecule has 1 N–H and O–H groups in total. The number of carbonyl (C=O) groups excluding carboxylic acids is 2. The highest BCUT2D eigenvalue weighted by Gasteiger charge is 2.40. The van der Waals surface area contributed by atoms with Crippen molar-refractivity contribution in [2.24, 2.45) is 0 Å². The van der Waals surface area contributed by atoms with Crippen molar-refractivity contribution in [1.29, 1.82) is 5.26 Å². The molecule has 7 heteroatoms. The molecule has 1 aliphatic heterocycles. The topological polar surface area (TPSA) is 82.4 Å². The molecule has 1 unspecified atom stereocenters. The molecule has 2 amide bonds. The third-order valence-corrected chi connectivity index (χ3v) is 7.08. The second kappa shape index (κ2) is 10.5. The van der Waals surface area contributed by atoms with E-state index in [0.717, 1.165) is 22.4 Å². The number of thioether (sulfide) groups is 1. The molecular weight excluding hydrogens is 458 g/mol. The lowest BCUT2D eigenvalue weighted by Crippen LogP contribution is -2.31. The average Bonchev–Trinajstić information content (AvgIpc) is 3.18. The Labute approximate surface area is 209 Å². The highest BCUT2D eigenvalue weighted by Crippen LogP contribution is 2.42. The minimum absolute atomic E-state index is 0.0907. The van der Waals surface area contributed by atoms with Gasteiger partial charge in [0.05, 0.1) is 12.4 Å². The summed E-state index contributed by atoms with van der Waals surface area (Å²) in [6.45, 7) is 3.80. The van der Waals surface area contributed by atoms with E-state index in [1.165, 1.54) is 16.7 Å². The lowest BCUT2D eigenvalue weighted by molar-refractivity contribution is -0.117. The van der Waals surface area contributed by atoms with E-state index in [2.05, 4.69) is 11.4 Å². The second-order valence-electron chi connectivity index (χ2n) is 8.18. The minimum Gasteiger partial charge on any atom is -0.497 e. The van der Waals surface area contributed by atoms with Crippen LogP contribution < -0.4 is 15.0 Å². The van der Waals surface area contributed by atoms with Gasteiger partial charge in [-0.2, -0.15) is 5.26 Å². The summed E-state index contributed by atoms with van der Waals surface area (Å²) in [4.78, 5) is 28.3. The second-order valence-corrected chi connectivity index (χ2v) is 9.37. The fourth-order valence-corrected chi connectivity index (χ4v) is 5.27. The smallest absolute Gasteiger partial charge is 0.269 e. The standard InChI is InChI=1S/C28H25N3O3S/c1-18-8-7-9-19(2)25(18)30-26(32)23(17-29)28-31(21-10-5-4-6-11-21)27(33)24(35-28)16-20-12-14-22(34-3)15-13-20/h4-15,24H,16H2,1-3H3,(H,30,32)/b28-23+. The number of ether oxygens (including phenoxy) is 1. The normalized spacial score (nSPS) is 16.6. The number of aryl methyl sites for hydroxylation is 2. The molecule has 1 atom stereocenters. The molecule has 0 bridgehead atoms. The van der Waals surface area contributed by atoms with Crippen molar-refractivity contribution >= 4 is 35.0 Å². The van der Waals surface area contributed by atoms with Crippen LogP contribution in [0.25, 0.3) is 0 Å². The number of methoxy groups -OCH3 is 1. The zero-order valence-corrected chi connectivity index (χ0v) is 20.6. The van der Waals surface area contributed by atoms with Crippen LogP contribution in [0.2, 0.25) is 0 Å². The van der Waals surface area contributed by atoms with Crippen LogP contribution in [0.1, 0.15) is 16.7 Å². The molecule has 0 aliphatic carbocycles. The number of rotatable bonds is 6. The zero-order valence-electron chi connectivity index (χ0n) is 19.7. The molecule has 176 valence electrons. The predicted octanol–water partition coefficient (Wildman–Crippen LogP) is 5.38. The van der Waals surface area contributed by atoms with Crippen LogP contribution in [0.4, 0.5) is 11.4 Å². The SMILES string of the molecule is COc1ccc(CC2S/C(=C(\C#N)C(=O)Nc3c(C)cccc3C)N(c3ccccc3)C2=O)cc1. The lowest BCUT2D eigenvalue weighted by Gasteiger charge is -2.19. The fourth-order valence-electron chi connectivity index (χ4n) is 3.96. The number of hydrogen-bond donors (Lipinski definition) is 1. The van der Waals surface area contributed by atoms with Crippen LogP contribution in [-0.4, -0.2) is 24.2 Å².